The molecule has 23 heavy (non-hydrogen) atoms. The molecule has 0 fully saturated rings. The van der Waals surface area contributed by atoms with Crippen LogP contribution >= 0.6 is 24.0 Å². The van der Waals surface area contributed by atoms with Crippen LogP contribution in [0.15, 0.2) is 47.4 Å². The maximum Gasteiger partial charge on any atom is 0.167 e. The highest BCUT2D eigenvalue weighted by molar-refractivity contribution is 7.99. The molecule has 1 atom stereocenters. The summed E-state index contributed by atoms with van der Waals surface area (Å²) in [5.74, 6) is 0.479. The zero-order chi connectivity index (χ0) is 16.2. The normalized spacial score (nSPS) is 16.5. The first-order chi connectivity index (χ1) is 11.1. The Labute approximate surface area is 143 Å². The van der Waals surface area contributed by atoms with Gasteiger partial charge in [0.15, 0.2) is 5.11 Å². The van der Waals surface area contributed by atoms with Crippen molar-refractivity contribution in [3.05, 3.63) is 65.2 Å². The maximum atomic E-state index is 13.5. The van der Waals surface area contributed by atoms with E-state index in [-0.39, 0.29) is 17.7 Å². The molecule has 2 nitrogen and oxygen atoms in total. The number of hydrogen-bond donors (Lipinski definition) is 2. The van der Waals surface area contributed by atoms with Crippen LogP contribution in [0.25, 0.3) is 0 Å². The van der Waals surface area contributed by atoms with Crippen molar-refractivity contribution in [2.75, 3.05) is 5.75 Å². The van der Waals surface area contributed by atoms with Gasteiger partial charge in [0.2, 0.25) is 0 Å². The molecule has 3 rings (SSSR count). The zero-order valence-corrected chi connectivity index (χ0v) is 13.9. The highest BCUT2D eigenvalue weighted by Crippen LogP contribution is 2.36. The predicted molar refractivity (Wildman–Crippen MR) is 93.5 cm³/mol. The Bertz CT molecular complexity index is 704. The third-order valence-corrected chi connectivity index (χ3v) is 5.07. The van der Waals surface area contributed by atoms with Gasteiger partial charge in [0.25, 0.3) is 0 Å². The average Bonchev–Trinajstić information content (AvgIpc) is 2.55. The van der Waals surface area contributed by atoms with Gasteiger partial charge < -0.3 is 10.6 Å². The summed E-state index contributed by atoms with van der Waals surface area (Å²) in [5, 5.41) is 6.87. The first kappa shape index (κ1) is 16.2. The van der Waals surface area contributed by atoms with Crippen LogP contribution in [0.5, 0.6) is 0 Å². The Morgan fingerprint density at radius 2 is 1.87 bits per heavy atom. The topological polar surface area (TPSA) is 24.1 Å². The van der Waals surface area contributed by atoms with E-state index < -0.39 is 0 Å². The summed E-state index contributed by atoms with van der Waals surface area (Å²) in [6.45, 7) is 0.517. The van der Waals surface area contributed by atoms with Gasteiger partial charge in [0, 0.05) is 17.2 Å². The molecule has 0 bridgehead atoms. The molecule has 1 aliphatic rings. The van der Waals surface area contributed by atoms with Crippen molar-refractivity contribution in [2.24, 2.45) is 0 Å². The van der Waals surface area contributed by atoms with E-state index in [2.05, 4.69) is 10.6 Å². The van der Waals surface area contributed by atoms with E-state index in [1.54, 1.807) is 30.0 Å². The van der Waals surface area contributed by atoms with Crippen molar-refractivity contribution < 1.29 is 8.78 Å². The molecule has 1 heterocycles. The number of thioether (sulfide) groups is 1. The third-order valence-electron chi connectivity index (χ3n) is 3.68. The first-order valence-electron chi connectivity index (χ1n) is 7.33. The van der Waals surface area contributed by atoms with Crippen LogP contribution in [-0.4, -0.2) is 10.9 Å². The lowest BCUT2D eigenvalue weighted by atomic mass is 10.0. The van der Waals surface area contributed by atoms with E-state index in [9.17, 15) is 8.78 Å². The SMILES string of the molecule is Fc1ccc(CNC(=S)N[C@@H]2CCSc3ccc(F)cc32)cc1. The lowest BCUT2D eigenvalue weighted by Gasteiger charge is -2.27. The van der Waals surface area contributed by atoms with E-state index in [4.69, 9.17) is 12.2 Å². The average molecular weight is 350 g/mol. The molecule has 2 aromatic rings. The van der Waals surface area contributed by atoms with Crippen molar-refractivity contribution in [3.8, 4) is 0 Å². The van der Waals surface area contributed by atoms with Crippen LogP contribution in [-0.2, 0) is 6.54 Å². The molecule has 0 amide bonds. The predicted octanol–water partition coefficient (Wildman–Crippen LogP) is 4.17. The van der Waals surface area contributed by atoms with E-state index >= 15 is 0 Å². The quantitative estimate of drug-likeness (QED) is 0.812. The molecule has 0 aromatic heterocycles. The van der Waals surface area contributed by atoms with Gasteiger partial charge in [-0.1, -0.05) is 12.1 Å². The molecule has 0 saturated heterocycles. The van der Waals surface area contributed by atoms with Gasteiger partial charge in [-0.15, -0.1) is 11.8 Å². The summed E-state index contributed by atoms with van der Waals surface area (Å²) >= 11 is 7.06. The number of benzene rings is 2. The minimum Gasteiger partial charge on any atom is -0.359 e. The molecule has 0 radical (unpaired) electrons. The van der Waals surface area contributed by atoms with Crippen molar-refractivity contribution in [2.45, 2.75) is 23.9 Å². The van der Waals surface area contributed by atoms with Crippen molar-refractivity contribution in [1.82, 2.24) is 10.6 Å². The fourth-order valence-electron chi connectivity index (χ4n) is 2.51. The molecule has 6 heteroatoms. The minimum atomic E-state index is -0.257. The maximum absolute atomic E-state index is 13.5. The Balaban J connectivity index is 1.60. The lowest BCUT2D eigenvalue weighted by molar-refractivity contribution is 0.581. The van der Waals surface area contributed by atoms with Crippen LogP contribution in [0.2, 0.25) is 0 Å². The molecule has 0 aliphatic carbocycles. The summed E-state index contributed by atoms with van der Waals surface area (Å²) < 4.78 is 26.4. The number of halogens is 2. The molecular weight excluding hydrogens is 334 g/mol. The van der Waals surface area contributed by atoms with E-state index in [1.807, 2.05) is 6.07 Å². The highest BCUT2D eigenvalue weighted by atomic mass is 32.2. The Morgan fingerprint density at radius 1 is 1.13 bits per heavy atom. The van der Waals surface area contributed by atoms with E-state index in [0.717, 1.165) is 28.2 Å². The van der Waals surface area contributed by atoms with Gasteiger partial charge in [-0.25, -0.2) is 8.78 Å². The number of hydrogen-bond acceptors (Lipinski definition) is 2. The molecule has 120 valence electrons. The molecule has 0 saturated carbocycles. The number of thiocarbonyl (C=S) groups is 1. The fourth-order valence-corrected chi connectivity index (χ4v) is 3.83. The van der Waals surface area contributed by atoms with Gasteiger partial charge in [-0.3, -0.25) is 0 Å². The Morgan fingerprint density at radius 3 is 2.65 bits per heavy atom. The summed E-state index contributed by atoms with van der Waals surface area (Å²) in [5.41, 5.74) is 1.90. The monoisotopic (exact) mass is 350 g/mol. The summed E-state index contributed by atoms with van der Waals surface area (Å²) in [6, 6.07) is 11.2. The van der Waals surface area contributed by atoms with Gasteiger partial charge >= 0.3 is 0 Å². The molecule has 2 aromatic carbocycles. The van der Waals surface area contributed by atoms with Crippen molar-refractivity contribution in [1.29, 1.82) is 0 Å². The van der Waals surface area contributed by atoms with Gasteiger partial charge in [0.05, 0.1) is 6.04 Å². The van der Waals surface area contributed by atoms with Crippen molar-refractivity contribution >= 4 is 29.1 Å². The second-order valence-electron chi connectivity index (χ2n) is 5.33. The number of rotatable bonds is 3. The number of nitrogens with one attached hydrogen (secondary N) is 2. The van der Waals surface area contributed by atoms with Crippen molar-refractivity contribution in [3.63, 3.8) is 0 Å². The van der Waals surface area contributed by atoms with Crippen LogP contribution in [0.4, 0.5) is 8.78 Å². The van der Waals surface area contributed by atoms with Crippen LogP contribution in [0.3, 0.4) is 0 Å². The Hall–Kier alpha value is -1.66. The minimum absolute atomic E-state index is 0.00941. The summed E-state index contributed by atoms with van der Waals surface area (Å²) in [7, 11) is 0. The smallest absolute Gasteiger partial charge is 0.167 e. The largest absolute Gasteiger partial charge is 0.359 e. The Kier molecular flexibility index (Phi) is 5.13. The van der Waals surface area contributed by atoms with Gasteiger partial charge in [0.1, 0.15) is 11.6 Å². The van der Waals surface area contributed by atoms with E-state index in [1.165, 1.54) is 18.2 Å². The fraction of sp³-hybridized carbons (Fsp3) is 0.235. The molecular formula is C17H16F2N2S2. The standard InChI is InChI=1S/C17H16F2N2S2/c18-12-3-1-11(2-4-12)10-20-17(22)21-15-7-8-23-16-6-5-13(19)9-14(15)16/h1-6,9,15H,7-8,10H2,(H2,20,21,22)/t15-/m1/s1. The van der Waals surface area contributed by atoms with Crippen LogP contribution < -0.4 is 10.6 Å². The summed E-state index contributed by atoms with van der Waals surface area (Å²) in [6.07, 6.45) is 0.888. The molecule has 2 N–H and O–H groups in total. The molecule has 0 spiro atoms. The third kappa shape index (κ3) is 4.20. The highest BCUT2D eigenvalue weighted by Gasteiger charge is 2.21. The first-order valence-corrected chi connectivity index (χ1v) is 8.72. The second kappa shape index (κ2) is 7.27. The number of fused-ring (bicyclic) bond motifs is 1. The second-order valence-corrected chi connectivity index (χ2v) is 6.87. The van der Waals surface area contributed by atoms with Crippen LogP contribution in [0.1, 0.15) is 23.6 Å². The lowest BCUT2D eigenvalue weighted by Crippen LogP contribution is -2.38. The van der Waals surface area contributed by atoms with E-state index in [0.29, 0.717) is 11.7 Å². The summed E-state index contributed by atoms with van der Waals surface area (Å²) in [4.78, 5) is 1.09. The van der Waals surface area contributed by atoms with Crippen LogP contribution in [0, 0.1) is 11.6 Å². The van der Waals surface area contributed by atoms with Gasteiger partial charge in [-0.05, 0) is 60.1 Å². The molecule has 1 aliphatic heterocycles. The zero-order valence-electron chi connectivity index (χ0n) is 12.3. The van der Waals surface area contributed by atoms with Gasteiger partial charge in [-0.2, -0.15) is 0 Å². The molecule has 0 unspecified atom stereocenters.